The quantitative estimate of drug-likeness (QED) is 0.629. The summed E-state index contributed by atoms with van der Waals surface area (Å²) >= 11 is 0. The zero-order valence-corrected chi connectivity index (χ0v) is 13.1. The Bertz CT molecular complexity index is 514. The van der Waals surface area contributed by atoms with E-state index in [-0.39, 0.29) is 16.7 Å². The summed E-state index contributed by atoms with van der Waals surface area (Å²) in [7, 11) is 1.59. The lowest BCUT2D eigenvalue weighted by Gasteiger charge is -2.37. The lowest BCUT2D eigenvalue weighted by molar-refractivity contribution is -0.384. The van der Waals surface area contributed by atoms with Crippen LogP contribution in [-0.2, 0) is 11.3 Å². The summed E-state index contributed by atoms with van der Waals surface area (Å²) < 4.78 is 5.18. The number of aliphatic hydroxyl groups is 1. The molecule has 1 fully saturated rings. The first-order chi connectivity index (χ1) is 10.5. The number of nitrogens with zero attached hydrogens (tertiary/aromatic N) is 3. The number of anilines is 1. The van der Waals surface area contributed by atoms with E-state index in [2.05, 4.69) is 9.80 Å². The zero-order chi connectivity index (χ0) is 16.1. The third-order valence-corrected chi connectivity index (χ3v) is 3.81. The predicted molar refractivity (Wildman–Crippen MR) is 84.1 cm³/mol. The summed E-state index contributed by atoms with van der Waals surface area (Å²) in [4.78, 5) is 15.0. The number of benzene rings is 1. The van der Waals surface area contributed by atoms with Crippen molar-refractivity contribution in [3.05, 3.63) is 33.9 Å². The SMILES string of the molecule is COCc1cc([N+](=O)[O-])ccc1N1CCN(C[C@@H](C)O)CC1. The van der Waals surface area contributed by atoms with Gasteiger partial charge in [0.1, 0.15) is 0 Å². The van der Waals surface area contributed by atoms with Crippen molar-refractivity contribution in [2.24, 2.45) is 0 Å². The van der Waals surface area contributed by atoms with Crippen molar-refractivity contribution in [1.29, 1.82) is 0 Å². The fraction of sp³-hybridized carbons (Fsp3) is 0.600. The summed E-state index contributed by atoms with van der Waals surface area (Å²) in [5, 5.41) is 20.4. The number of methoxy groups -OCH3 is 1. The van der Waals surface area contributed by atoms with Gasteiger partial charge in [0, 0.05) is 63.2 Å². The first-order valence-electron chi connectivity index (χ1n) is 7.43. The summed E-state index contributed by atoms with van der Waals surface area (Å²) in [5.74, 6) is 0. The van der Waals surface area contributed by atoms with Crippen molar-refractivity contribution < 1.29 is 14.8 Å². The van der Waals surface area contributed by atoms with Crippen LogP contribution in [0.25, 0.3) is 0 Å². The molecular weight excluding hydrogens is 286 g/mol. The van der Waals surface area contributed by atoms with Crippen LogP contribution in [0.2, 0.25) is 0 Å². The molecule has 0 spiro atoms. The number of nitro groups is 1. The van der Waals surface area contributed by atoms with Gasteiger partial charge in [0.05, 0.1) is 17.6 Å². The Balaban J connectivity index is 2.10. The molecule has 0 amide bonds. The standard InChI is InChI=1S/C15H23N3O4/c1-12(19)10-16-5-7-17(8-6-16)15-4-3-14(18(20)21)9-13(15)11-22-2/h3-4,9,12,19H,5-8,10-11H2,1-2H3/t12-/m1/s1. The maximum Gasteiger partial charge on any atom is 0.269 e. The third kappa shape index (κ3) is 4.16. The molecule has 0 saturated carbocycles. The number of hydrogen-bond donors (Lipinski definition) is 1. The van der Waals surface area contributed by atoms with Gasteiger partial charge in [0.25, 0.3) is 5.69 Å². The normalized spacial score (nSPS) is 17.5. The number of rotatable bonds is 6. The molecule has 0 aliphatic carbocycles. The molecule has 1 aliphatic heterocycles. The number of ether oxygens (including phenoxy) is 1. The minimum atomic E-state index is -0.385. The Hall–Kier alpha value is -1.70. The van der Waals surface area contributed by atoms with E-state index < -0.39 is 0 Å². The van der Waals surface area contributed by atoms with E-state index in [1.54, 1.807) is 26.2 Å². The van der Waals surface area contributed by atoms with E-state index in [0.717, 1.165) is 37.4 Å². The van der Waals surface area contributed by atoms with Gasteiger partial charge < -0.3 is 14.7 Å². The van der Waals surface area contributed by atoms with Gasteiger partial charge in [0.15, 0.2) is 0 Å². The van der Waals surface area contributed by atoms with Gasteiger partial charge in [-0.15, -0.1) is 0 Å². The van der Waals surface area contributed by atoms with Crippen molar-refractivity contribution in [3.63, 3.8) is 0 Å². The molecule has 1 aromatic carbocycles. The second kappa shape index (κ2) is 7.53. The molecule has 1 aromatic rings. The van der Waals surface area contributed by atoms with Gasteiger partial charge >= 0.3 is 0 Å². The monoisotopic (exact) mass is 309 g/mol. The molecule has 1 aliphatic rings. The summed E-state index contributed by atoms with van der Waals surface area (Å²) in [6.07, 6.45) is -0.324. The molecule has 7 heteroatoms. The van der Waals surface area contributed by atoms with Crippen LogP contribution in [0.5, 0.6) is 0 Å². The number of non-ortho nitro benzene ring substituents is 1. The lowest BCUT2D eigenvalue weighted by atomic mass is 10.1. The van der Waals surface area contributed by atoms with Crippen LogP contribution < -0.4 is 4.90 Å². The first-order valence-corrected chi connectivity index (χ1v) is 7.43. The van der Waals surface area contributed by atoms with Gasteiger partial charge in [-0.3, -0.25) is 15.0 Å². The number of piperazine rings is 1. The largest absolute Gasteiger partial charge is 0.392 e. The van der Waals surface area contributed by atoms with Gasteiger partial charge in [-0.25, -0.2) is 0 Å². The second-order valence-corrected chi connectivity index (χ2v) is 5.64. The Morgan fingerprint density at radius 3 is 2.59 bits per heavy atom. The number of nitro benzene ring substituents is 1. The molecule has 2 rings (SSSR count). The number of hydrogen-bond acceptors (Lipinski definition) is 6. The van der Waals surface area contributed by atoms with Crippen LogP contribution in [0.1, 0.15) is 12.5 Å². The average Bonchev–Trinajstić information content (AvgIpc) is 2.48. The molecule has 0 bridgehead atoms. The van der Waals surface area contributed by atoms with Crippen molar-refractivity contribution in [2.45, 2.75) is 19.6 Å². The summed E-state index contributed by atoms with van der Waals surface area (Å²) in [6.45, 7) is 6.23. The molecule has 1 heterocycles. The van der Waals surface area contributed by atoms with E-state index >= 15 is 0 Å². The molecule has 1 atom stereocenters. The van der Waals surface area contributed by atoms with Gasteiger partial charge in [0.2, 0.25) is 0 Å². The van der Waals surface area contributed by atoms with E-state index in [4.69, 9.17) is 4.74 Å². The molecule has 1 N–H and O–H groups in total. The van der Waals surface area contributed by atoms with E-state index in [1.165, 1.54) is 6.07 Å². The van der Waals surface area contributed by atoms with Crippen LogP contribution in [0.15, 0.2) is 18.2 Å². The molecule has 0 radical (unpaired) electrons. The highest BCUT2D eigenvalue weighted by molar-refractivity contribution is 5.58. The summed E-state index contributed by atoms with van der Waals surface area (Å²) in [5.41, 5.74) is 1.91. The topological polar surface area (TPSA) is 79.1 Å². The van der Waals surface area contributed by atoms with Crippen molar-refractivity contribution in [3.8, 4) is 0 Å². The number of aliphatic hydroxyl groups excluding tert-OH is 1. The van der Waals surface area contributed by atoms with Gasteiger partial charge in [-0.05, 0) is 13.0 Å². The smallest absolute Gasteiger partial charge is 0.269 e. The third-order valence-electron chi connectivity index (χ3n) is 3.81. The average molecular weight is 309 g/mol. The van der Waals surface area contributed by atoms with Crippen LogP contribution in [0.4, 0.5) is 11.4 Å². The molecule has 7 nitrogen and oxygen atoms in total. The van der Waals surface area contributed by atoms with E-state index in [9.17, 15) is 15.2 Å². The van der Waals surface area contributed by atoms with Crippen LogP contribution in [-0.4, -0.2) is 60.9 Å². The Labute approximate surface area is 130 Å². The molecule has 22 heavy (non-hydrogen) atoms. The molecule has 122 valence electrons. The predicted octanol–water partition coefficient (Wildman–Crippen LogP) is 1.24. The minimum Gasteiger partial charge on any atom is -0.392 e. The fourth-order valence-electron chi connectivity index (χ4n) is 2.81. The van der Waals surface area contributed by atoms with Crippen molar-refractivity contribution >= 4 is 11.4 Å². The minimum absolute atomic E-state index is 0.0866. The Morgan fingerprint density at radius 1 is 1.36 bits per heavy atom. The van der Waals surface area contributed by atoms with E-state index in [1.807, 2.05) is 0 Å². The zero-order valence-electron chi connectivity index (χ0n) is 13.1. The highest BCUT2D eigenvalue weighted by Crippen LogP contribution is 2.27. The molecule has 0 aromatic heterocycles. The molecule has 0 unspecified atom stereocenters. The van der Waals surface area contributed by atoms with Crippen molar-refractivity contribution in [1.82, 2.24) is 4.90 Å². The van der Waals surface area contributed by atoms with Crippen molar-refractivity contribution in [2.75, 3.05) is 44.7 Å². The van der Waals surface area contributed by atoms with E-state index in [0.29, 0.717) is 13.2 Å². The van der Waals surface area contributed by atoms with Gasteiger partial charge in [-0.2, -0.15) is 0 Å². The van der Waals surface area contributed by atoms with Crippen LogP contribution >= 0.6 is 0 Å². The second-order valence-electron chi connectivity index (χ2n) is 5.64. The maximum atomic E-state index is 10.9. The highest BCUT2D eigenvalue weighted by Gasteiger charge is 2.21. The number of β-amino-alcohol motifs (C(OH)–C–C–N with tert-alkyl or cyclic N) is 1. The first kappa shape index (κ1) is 16.7. The fourth-order valence-corrected chi connectivity index (χ4v) is 2.81. The highest BCUT2D eigenvalue weighted by atomic mass is 16.6. The molecular formula is C15H23N3O4. The van der Waals surface area contributed by atoms with Crippen LogP contribution in [0.3, 0.4) is 0 Å². The Morgan fingerprint density at radius 2 is 2.05 bits per heavy atom. The maximum absolute atomic E-state index is 10.9. The molecule has 1 saturated heterocycles. The van der Waals surface area contributed by atoms with Crippen LogP contribution in [0, 0.1) is 10.1 Å². The Kier molecular flexibility index (Phi) is 5.70. The summed E-state index contributed by atoms with van der Waals surface area (Å²) in [6, 6.07) is 4.93. The lowest BCUT2D eigenvalue weighted by Crippen LogP contribution is -2.48. The van der Waals surface area contributed by atoms with Gasteiger partial charge in [-0.1, -0.05) is 0 Å².